The van der Waals surface area contributed by atoms with E-state index in [0.717, 1.165) is 5.56 Å². The van der Waals surface area contributed by atoms with E-state index < -0.39 is 0 Å². The van der Waals surface area contributed by atoms with Gasteiger partial charge in [-0.15, -0.1) is 0 Å². The predicted molar refractivity (Wildman–Crippen MR) is 102 cm³/mol. The monoisotopic (exact) mass is 370 g/mol. The van der Waals surface area contributed by atoms with Crippen LogP contribution in [0.15, 0.2) is 40.8 Å². The quantitative estimate of drug-likeness (QED) is 0.748. The molecule has 7 nitrogen and oxygen atoms in total. The van der Waals surface area contributed by atoms with Gasteiger partial charge in [-0.1, -0.05) is 12.1 Å². The fraction of sp³-hybridized carbons (Fsp3) is 0.400. The van der Waals surface area contributed by atoms with E-state index in [4.69, 9.17) is 4.42 Å². The van der Waals surface area contributed by atoms with E-state index in [1.54, 1.807) is 32.3 Å². The lowest BCUT2D eigenvalue weighted by atomic mass is 9.88. The Morgan fingerprint density at radius 2 is 1.81 bits per heavy atom. The number of hydrogen-bond donors (Lipinski definition) is 3. The first-order valence-electron chi connectivity index (χ1n) is 9.06. The predicted octanol–water partition coefficient (Wildman–Crippen LogP) is 1.88. The second-order valence-corrected chi connectivity index (χ2v) is 7.17. The summed E-state index contributed by atoms with van der Waals surface area (Å²) in [6.07, 6.45) is 0. The SMILES string of the molecule is CC1NNC(C)C1c1cccc(C(=O)NCc2ccc(C(=O)N(C)C)o2)c1. The molecule has 0 spiro atoms. The smallest absolute Gasteiger partial charge is 0.289 e. The lowest BCUT2D eigenvalue weighted by Crippen LogP contribution is -2.30. The molecule has 27 heavy (non-hydrogen) atoms. The zero-order chi connectivity index (χ0) is 19.6. The summed E-state index contributed by atoms with van der Waals surface area (Å²) in [5, 5.41) is 2.85. The van der Waals surface area contributed by atoms with Gasteiger partial charge in [0, 0.05) is 37.7 Å². The Balaban J connectivity index is 1.65. The minimum atomic E-state index is -0.206. The molecule has 0 saturated carbocycles. The van der Waals surface area contributed by atoms with Crippen molar-refractivity contribution in [1.29, 1.82) is 0 Å². The third-order valence-corrected chi connectivity index (χ3v) is 4.85. The number of carbonyl (C=O) groups excluding carboxylic acids is 2. The number of nitrogens with one attached hydrogen (secondary N) is 3. The molecule has 1 aromatic heterocycles. The van der Waals surface area contributed by atoms with E-state index in [0.29, 0.717) is 17.2 Å². The lowest BCUT2D eigenvalue weighted by molar-refractivity contribution is 0.0794. The molecule has 2 unspecified atom stereocenters. The van der Waals surface area contributed by atoms with Crippen LogP contribution < -0.4 is 16.2 Å². The summed E-state index contributed by atoms with van der Waals surface area (Å²) in [7, 11) is 3.33. The van der Waals surface area contributed by atoms with Crippen molar-refractivity contribution in [2.24, 2.45) is 0 Å². The Hall–Kier alpha value is -2.64. The molecule has 7 heteroatoms. The molecule has 0 bridgehead atoms. The van der Waals surface area contributed by atoms with Gasteiger partial charge in [0.05, 0.1) is 6.54 Å². The molecule has 2 aromatic rings. The molecular formula is C20H26N4O3. The highest BCUT2D eigenvalue weighted by Crippen LogP contribution is 2.27. The molecule has 1 aliphatic rings. The van der Waals surface area contributed by atoms with Crippen LogP contribution in [0.1, 0.15) is 52.0 Å². The van der Waals surface area contributed by atoms with Crippen molar-refractivity contribution in [2.45, 2.75) is 38.4 Å². The van der Waals surface area contributed by atoms with Gasteiger partial charge in [-0.25, -0.2) is 0 Å². The number of hydrogen-bond acceptors (Lipinski definition) is 5. The van der Waals surface area contributed by atoms with Crippen molar-refractivity contribution < 1.29 is 14.0 Å². The van der Waals surface area contributed by atoms with E-state index in [2.05, 4.69) is 36.1 Å². The van der Waals surface area contributed by atoms with Gasteiger partial charge < -0.3 is 14.6 Å². The molecule has 1 saturated heterocycles. The standard InChI is InChI=1S/C20H26N4O3/c1-12-18(13(2)23-22-12)14-6-5-7-15(10-14)19(25)21-11-16-8-9-17(27-16)20(26)24(3)4/h5-10,12-13,18,22-23H,11H2,1-4H3,(H,21,25). The largest absolute Gasteiger partial charge is 0.454 e. The minimum absolute atomic E-state index is 0.173. The highest BCUT2D eigenvalue weighted by atomic mass is 16.4. The minimum Gasteiger partial charge on any atom is -0.454 e. The summed E-state index contributed by atoms with van der Waals surface area (Å²) in [6, 6.07) is 11.6. The Labute approximate surface area is 159 Å². The van der Waals surface area contributed by atoms with Crippen LogP contribution >= 0.6 is 0 Å². The van der Waals surface area contributed by atoms with Crippen molar-refractivity contribution >= 4 is 11.8 Å². The van der Waals surface area contributed by atoms with Crippen LogP contribution in [0.25, 0.3) is 0 Å². The Bertz CT molecular complexity index is 820. The average Bonchev–Trinajstić information content (AvgIpc) is 3.25. The molecule has 144 valence electrons. The molecular weight excluding hydrogens is 344 g/mol. The molecule has 1 aromatic carbocycles. The van der Waals surface area contributed by atoms with E-state index in [1.807, 2.05) is 12.1 Å². The number of nitrogens with zero attached hydrogens (tertiary/aromatic N) is 1. The number of hydrazine groups is 1. The molecule has 2 amide bonds. The molecule has 3 rings (SSSR count). The molecule has 1 aliphatic heterocycles. The van der Waals surface area contributed by atoms with E-state index in [9.17, 15) is 9.59 Å². The summed E-state index contributed by atoms with van der Waals surface area (Å²) in [5.41, 5.74) is 8.21. The van der Waals surface area contributed by atoms with Gasteiger partial charge in [-0.2, -0.15) is 0 Å². The van der Waals surface area contributed by atoms with Crippen LogP contribution in [0.3, 0.4) is 0 Å². The van der Waals surface area contributed by atoms with Crippen molar-refractivity contribution in [3.63, 3.8) is 0 Å². The maximum atomic E-state index is 12.5. The van der Waals surface area contributed by atoms with Crippen LogP contribution in [0.4, 0.5) is 0 Å². The molecule has 2 atom stereocenters. The fourth-order valence-corrected chi connectivity index (χ4v) is 3.42. The van der Waals surface area contributed by atoms with E-state index in [1.165, 1.54) is 4.90 Å². The third kappa shape index (κ3) is 4.20. The molecule has 1 fully saturated rings. The molecule has 0 aliphatic carbocycles. The maximum Gasteiger partial charge on any atom is 0.289 e. The van der Waals surface area contributed by atoms with E-state index in [-0.39, 0.29) is 36.2 Å². The Kier molecular flexibility index (Phi) is 5.62. The Morgan fingerprint density at radius 1 is 1.11 bits per heavy atom. The van der Waals surface area contributed by atoms with Crippen LogP contribution in [-0.2, 0) is 6.54 Å². The topological polar surface area (TPSA) is 86.6 Å². The van der Waals surface area contributed by atoms with Crippen LogP contribution in [-0.4, -0.2) is 42.9 Å². The number of amides is 2. The van der Waals surface area contributed by atoms with Gasteiger partial charge in [0.2, 0.25) is 0 Å². The van der Waals surface area contributed by atoms with Gasteiger partial charge in [0.1, 0.15) is 5.76 Å². The number of rotatable bonds is 5. The van der Waals surface area contributed by atoms with Gasteiger partial charge in [-0.05, 0) is 43.7 Å². The normalized spacial score (nSPS) is 21.9. The second kappa shape index (κ2) is 7.94. The third-order valence-electron chi connectivity index (χ3n) is 4.85. The fourth-order valence-electron chi connectivity index (χ4n) is 3.42. The first kappa shape index (κ1) is 19.1. The Morgan fingerprint density at radius 3 is 2.48 bits per heavy atom. The average molecular weight is 370 g/mol. The van der Waals surface area contributed by atoms with Crippen molar-refractivity contribution in [2.75, 3.05) is 14.1 Å². The maximum absolute atomic E-state index is 12.5. The first-order chi connectivity index (χ1) is 12.9. The van der Waals surface area contributed by atoms with Crippen LogP contribution in [0.5, 0.6) is 0 Å². The zero-order valence-electron chi connectivity index (χ0n) is 16.1. The van der Waals surface area contributed by atoms with Crippen molar-refractivity contribution in [3.05, 3.63) is 59.0 Å². The van der Waals surface area contributed by atoms with E-state index >= 15 is 0 Å². The summed E-state index contributed by atoms with van der Waals surface area (Å²) in [4.78, 5) is 25.9. The highest BCUT2D eigenvalue weighted by molar-refractivity contribution is 5.94. The summed E-state index contributed by atoms with van der Waals surface area (Å²) >= 11 is 0. The van der Waals surface area contributed by atoms with Crippen LogP contribution in [0.2, 0.25) is 0 Å². The molecule has 3 N–H and O–H groups in total. The summed E-state index contributed by atoms with van der Waals surface area (Å²) in [5.74, 6) is 0.712. The van der Waals surface area contributed by atoms with Gasteiger partial charge in [0.25, 0.3) is 11.8 Å². The van der Waals surface area contributed by atoms with Crippen molar-refractivity contribution in [3.8, 4) is 0 Å². The molecule has 0 radical (unpaired) electrons. The molecule has 2 heterocycles. The zero-order valence-corrected chi connectivity index (χ0v) is 16.1. The van der Waals surface area contributed by atoms with Gasteiger partial charge in [0.15, 0.2) is 5.76 Å². The number of benzene rings is 1. The summed E-state index contributed by atoms with van der Waals surface area (Å²) in [6.45, 7) is 4.47. The number of furan rings is 1. The van der Waals surface area contributed by atoms with Gasteiger partial charge in [-0.3, -0.25) is 20.4 Å². The summed E-state index contributed by atoms with van der Waals surface area (Å²) < 4.78 is 5.50. The van der Waals surface area contributed by atoms with Gasteiger partial charge >= 0.3 is 0 Å². The van der Waals surface area contributed by atoms with Crippen molar-refractivity contribution in [1.82, 2.24) is 21.1 Å². The first-order valence-corrected chi connectivity index (χ1v) is 9.06. The highest BCUT2D eigenvalue weighted by Gasteiger charge is 2.31. The second-order valence-electron chi connectivity index (χ2n) is 7.17. The number of carbonyl (C=O) groups is 2. The van der Waals surface area contributed by atoms with Crippen LogP contribution in [0, 0.1) is 0 Å². The lowest BCUT2D eigenvalue weighted by Gasteiger charge is -2.19.